The predicted octanol–water partition coefficient (Wildman–Crippen LogP) is 5.83. The highest BCUT2D eigenvalue weighted by atomic mass is 79.9. The van der Waals surface area contributed by atoms with Crippen LogP contribution in [0.2, 0.25) is 0 Å². The van der Waals surface area contributed by atoms with Crippen LogP contribution in [-0.4, -0.2) is 6.54 Å². The van der Waals surface area contributed by atoms with Gasteiger partial charge in [0.2, 0.25) is 0 Å². The first-order chi connectivity index (χ1) is 9.77. The maximum absolute atomic E-state index is 3.66. The first-order valence-electron chi connectivity index (χ1n) is 7.68. The molecule has 1 N–H and O–H groups in total. The van der Waals surface area contributed by atoms with E-state index < -0.39 is 0 Å². The van der Waals surface area contributed by atoms with E-state index in [0.717, 1.165) is 6.54 Å². The van der Waals surface area contributed by atoms with Crippen molar-refractivity contribution in [3.63, 3.8) is 0 Å². The molecule has 0 amide bonds. The topological polar surface area (TPSA) is 12.0 Å². The molecule has 0 aliphatic rings. The summed E-state index contributed by atoms with van der Waals surface area (Å²) in [5.74, 6) is 0. The van der Waals surface area contributed by atoms with Gasteiger partial charge in [-0.3, -0.25) is 0 Å². The summed E-state index contributed by atoms with van der Waals surface area (Å²) in [6, 6.07) is 13.6. The zero-order valence-electron chi connectivity index (χ0n) is 12.5. The number of unbranched alkanes of at least 4 members (excludes halogenated alkanes) is 2. The summed E-state index contributed by atoms with van der Waals surface area (Å²) < 4.78 is 1.18. The van der Waals surface area contributed by atoms with Crippen molar-refractivity contribution in [2.75, 3.05) is 6.54 Å². The van der Waals surface area contributed by atoms with E-state index in [4.69, 9.17) is 0 Å². The summed E-state index contributed by atoms with van der Waals surface area (Å²) >= 11 is 3.66. The first kappa shape index (κ1) is 15.5. The largest absolute Gasteiger partial charge is 0.310 e. The monoisotopic (exact) mass is 333 g/mol. The van der Waals surface area contributed by atoms with E-state index >= 15 is 0 Å². The highest BCUT2D eigenvalue weighted by molar-refractivity contribution is 9.10. The fourth-order valence-electron chi connectivity index (χ4n) is 2.80. The highest BCUT2D eigenvalue weighted by Crippen LogP contribution is 2.32. The fourth-order valence-corrected chi connectivity index (χ4v) is 3.28. The SMILES string of the molecule is CCCCCC(NCC)c1ccc(Br)c2ccccc12. The maximum Gasteiger partial charge on any atom is 0.0326 e. The summed E-state index contributed by atoms with van der Waals surface area (Å²) in [6.07, 6.45) is 5.10. The molecule has 0 saturated heterocycles. The molecule has 0 radical (unpaired) electrons. The molecule has 0 aliphatic carbocycles. The number of halogens is 1. The van der Waals surface area contributed by atoms with E-state index in [1.807, 2.05) is 0 Å². The van der Waals surface area contributed by atoms with Crippen molar-refractivity contribution in [3.05, 3.63) is 46.4 Å². The van der Waals surface area contributed by atoms with Gasteiger partial charge in [0, 0.05) is 10.5 Å². The van der Waals surface area contributed by atoms with Gasteiger partial charge in [-0.25, -0.2) is 0 Å². The minimum Gasteiger partial charge on any atom is -0.310 e. The van der Waals surface area contributed by atoms with E-state index in [-0.39, 0.29) is 0 Å². The van der Waals surface area contributed by atoms with Gasteiger partial charge in [0.25, 0.3) is 0 Å². The Kier molecular flexibility index (Phi) is 6.06. The number of hydrogen-bond donors (Lipinski definition) is 1. The fraction of sp³-hybridized carbons (Fsp3) is 0.444. The highest BCUT2D eigenvalue weighted by Gasteiger charge is 2.13. The van der Waals surface area contributed by atoms with Gasteiger partial charge < -0.3 is 5.32 Å². The van der Waals surface area contributed by atoms with Crippen LogP contribution in [0.3, 0.4) is 0 Å². The van der Waals surface area contributed by atoms with Crippen LogP contribution < -0.4 is 5.32 Å². The maximum atomic E-state index is 3.66. The van der Waals surface area contributed by atoms with Crippen molar-refractivity contribution in [2.45, 2.75) is 45.6 Å². The molecule has 2 aromatic carbocycles. The number of benzene rings is 2. The van der Waals surface area contributed by atoms with E-state index in [1.165, 1.54) is 46.5 Å². The molecule has 2 heteroatoms. The quantitative estimate of drug-likeness (QED) is 0.628. The third-order valence-electron chi connectivity index (χ3n) is 3.83. The van der Waals surface area contributed by atoms with Gasteiger partial charge in [-0.05, 0) is 35.4 Å². The molecule has 0 spiro atoms. The molecule has 0 heterocycles. The van der Waals surface area contributed by atoms with E-state index in [0.29, 0.717) is 6.04 Å². The molecule has 2 aromatic rings. The molecule has 108 valence electrons. The molecule has 20 heavy (non-hydrogen) atoms. The lowest BCUT2D eigenvalue weighted by molar-refractivity contribution is 0.489. The van der Waals surface area contributed by atoms with Gasteiger partial charge in [0.1, 0.15) is 0 Å². The average Bonchev–Trinajstić information content (AvgIpc) is 2.48. The van der Waals surface area contributed by atoms with Gasteiger partial charge in [0.15, 0.2) is 0 Å². The number of rotatable bonds is 7. The molecule has 0 saturated carbocycles. The zero-order valence-corrected chi connectivity index (χ0v) is 14.0. The van der Waals surface area contributed by atoms with Crippen molar-refractivity contribution < 1.29 is 0 Å². The van der Waals surface area contributed by atoms with Crippen molar-refractivity contribution >= 4 is 26.7 Å². The molecular formula is C18H24BrN. The van der Waals surface area contributed by atoms with Gasteiger partial charge in [-0.15, -0.1) is 0 Å². The predicted molar refractivity (Wildman–Crippen MR) is 92.2 cm³/mol. The number of hydrogen-bond acceptors (Lipinski definition) is 1. The second-order valence-corrected chi connectivity index (χ2v) is 6.14. The van der Waals surface area contributed by atoms with Crippen molar-refractivity contribution in [1.29, 1.82) is 0 Å². The molecule has 0 fully saturated rings. The molecule has 1 nitrogen and oxygen atoms in total. The van der Waals surface area contributed by atoms with Crippen molar-refractivity contribution in [2.24, 2.45) is 0 Å². The Bertz CT molecular complexity index is 550. The molecule has 0 aliphatic heterocycles. The summed E-state index contributed by atoms with van der Waals surface area (Å²) in [4.78, 5) is 0. The minimum atomic E-state index is 0.463. The molecule has 1 unspecified atom stereocenters. The van der Waals surface area contributed by atoms with Crippen LogP contribution in [0.1, 0.15) is 51.1 Å². The van der Waals surface area contributed by atoms with E-state index in [2.05, 4.69) is 71.5 Å². The Morgan fingerprint density at radius 1 is 1.00 bits per heavy atom. The Hall–Kier alpha value is -0.860. The lowest BCUT2D eigenvalue weighted by atomic mass is 9.95. The van der Waals surface area contributed by atoms with Crippen LogP contribution in [0.25, 0.3) is 10.8 Å². The number of nitrogens with one attached hydrogen (secondary N) is 1. The van der Waals surface area contributed by atoms with Crippen LogP contribution in [0.5, 0.6) is 0 Å². The standard InChI is InChI=1S/C18H24BrN/c1-3-5-6-11-18(20-4-2)16-12-13-17(19)15-10-8-7-9-14(15)16/h7-10,12-13,18,20H,3-6,11H2,1-2H3. The Balaban J connectivity index is 2.34. The summed E-state index contributed by atoms with van der Waals surface area (Å²) in [6.45, 7) is 5.46. The van der Waals surface area contributed by atoms with Crippen molar-refractivity contribution in [3.8, 4) is 0 Å². The third-order valence-corrected chi connectivity index (χ3v) is 4.52. The second kappa shape index (κ2) is 7.80. The van der Waals surface area contributed by atoms with E-state index in [1.54, 1.807) is 0 Å². The van der Waals surface area contributed by atoms with Crippen LogP contribution in [0.4, 0.5) is 0 Å². The second-order valence-electron chi connectivity index (χ2n) is 5.29. The van der Waals surface area contributed by atoms with Crippen LogP contribution >= 0.6 is 15.9 Å². The lowest BCUT2D eigenvalue weighted by Gasteiger charge is -2.20. The molecule has 0 aromatic heterocycles. The van der Waals surface area contributed by atoms with Crippen LogP contribution in [0.15, 0.2) is 40.9 Å². The summed E-state index contributed by atoms with van der Waals surface area (Å²) in [7, 11) is 0. The van der Waals surface area contributed by atoms with Gasteiger partial charge in [-0.1, -0.05) is 79.4 Å². The van der Waals surface area contributed by atoms with Crippen molar-refractivity contribution in [1.82, 2.24) is 5.32 Å². The van der Waals surface area contributed by atoms with Gasteiger partial charge in [-0.2, -0.15) is 0 Å². The Morgan fingerprint density at radius 3 is 2.45 bits per heavy atom. The molecule has 2 rings (SSSR count). The normalized spacial score (nSPS) is 12.8. The summed E-state index contributed by atoms with van der Waals surface area (Å²) in [5, 5.41) is 6.33. The Labute approximate surface area is 130 Å². The Morgan fingerprint density at radius 2 is 1.75 bits per heavy atom. The first-order valence-corrected chi connectivity index (χ1v) is 8.47. The van der Waals surface area contributed by atoms with Crippen LogP contribution in [0, 0.1) is 0 Å². The number of fused-ring (bicyclic) bond motifs is 1. The van der Waals surface area contributed by atoms with Crippen LogP contribution in [-0.2, 0) is 0 Å². The van der Waals surface area contributed by atoms with Gasteiger partial charge in [0.05, 0.1) is 0 Å². The third kappa shape index (κ3) is 3.62. The lowest BCUT2D eigenvalue weighted by Crippen LogP contribution is -2.21. The smallest absolute Gasteiger partial charge is 0.0326 e. The molecular weight excluding hydrogens is 310 g/mol. The van der Waals surface area contributed by atoms with E-state index in [9.17, 15) is 0 Å². The summed E-state index contributed by atoms with van der Waals surface area (Å²) in [5.41, 5.74) is 1.43. The molecule has 1 atom stereocenters. The van der Waals surface area contributed by atoms with Gasteiger partial charge >= 0.3 is 0 Å². The zero-order chi connectivity index (χ0) is 14.4. The minimum absolute atomic E-state index is 0.463. The average molecular weight is 334 g/mol. The molecule has 0 bridgehead atoms.